The molecule has 1 aliphatic rings. The van der Waals surface area contributed by atoms with Crippen LogP contribution in [0.2, 0.25) is 0 Å². The average Bonchev–Trinajstić information content (AvgIpc) is 3.32. The number of H-pyrrole nitrogens is 1. The quantitative estimate of drug-likeness (QED) is 0.0577. The molecule has 0 saturated heterocycles. The summed E-state index contributed by atoms with van der Waals surface area (Å²) in [6.07, 6.45) is 0.839. The number of rotatable bonds is 12. The van der Waals surface area contributed by atoms with E-state index in [2.05, 4.69) is 25.6 Å². The number of benzene rings is 1. The molecule has 0 saturated carbocycles. The van der Waals surface area contributed by atoms with Gasteiger partial charge in [-0.1, -0.05) is 12.1 Å². The van der Waals surface area contributed by atoms with Crippen molar-refractivity contribution in [1.29, 1.82) is 0 Å². The molecule has 3 atom stereocenters. The number of hydrogen-bond acceptors (Lipinski definition) is 9. The number of aromatic nitrogens is 2. The molecule has 1 aromatic heterocycles. The van der Waals surface area contributed by atoms with Gasteiger partial charge in [-0.15, -0.1) is 0 Å². The Morgan fingerprint density at radius 3 is 2.63 bits per heavy atom. The fourth-order valence-corrected chi connectivity index (χ4v) is 4.27. The Morgan fingerprint density at radius 1 is 1.24 bits per heavy atom. The van der Waals surface area contributed by atoms with E-state index in [0.29, 0.717) is 28.9 Å². The predicted octanol–water partition coefficient (Wildman–Crippen LogP) is -0.245. The van der Waals surface area contributed by atoms with Gasteiger partial charge in [0.05, 0.1) is 29.0 Å². The first-order valence-electron chi connectivity index (χ1n) is 13.2. The van der Waals surface area contributed by atoms with E-state index < -0.39 is 47.4 Å². The number of carboxylic acid groups (broad SMARTS) is 1. The van der Waals surface area contributed by atoms with E-state index in [1.807, 2.05) is 0 Å². The Morgan fingerprint density at radius 2 is 1.98 bits per heavy atom. The second kappa shape index (κ2) is 13.4. The number of nitrogens with two attached hydrogens (primary N) is 3. The maximum Gasteiger partial charge on any atom is 0.338 e. The van der Waals surface area contributed by atoms with E-state index in [1.54, 1.807) is 45.0 Å². The number of hydrogen-bond donors (Lipinski definition) is 7. The summed E-state index contributed by atoms with van der Waals surface area (Å²) >= 11 is 0. The van der Waals surface area contributed by atoms with Crippen LogP contribution in [-0.4, -0.2) is 74.9 Å². The van der Waals surface area contributed by atoms with Crippen molar-refractivity contribution in [3.05, 3.63) is 52.6 Å². The number of ketones is 1. The number of esters is 1. The molecule has 1 aliphatic heterocycles. The van der Waals surface area contributed by atoms with Crippen molar-refractivity contribution in [2.24, 2.45) is 22.2 Å². The van der Waals surface area contributed by atoms with E-state index in [-0.39, 0.29) is 44.1 Å². The van der Waals surface area contributed by atoms with Crippen molar-refractivity contribution in [2.75, 3.05) is 6.54 Å². The number of imidazole rings is 1. The summed E-state index contributed by atoms with van der Waals surface area (Å²) in [5.41, 5.74) is 18.3. The van der Waals surface area contributed by atoms with Gasteiger partial charge in [0.15, 0.2) is 11.8 Å². The van der Waals surface area contributed by atoms with Crippen molar-refractivity contribution >= 4 is 29.6 Å². The lowest BCUT2D eigenvalue weighted by Crippen LogP contribution is -2.52. The molecule has 0 spiro atoms. The van der Waals surface area contributed by atoms with Gasteiger partial charge in [0, 0.05) is 19.5 Å². The summed E-state index contributed by atoms with van der Waals surface area (Å²) < 4.78 is 5.41. The van der Waals surface area contributed by atoms with Crippen LogP contribution in [-0.2, 0) is 33.7 Å². The molecule has 0 radical (unpaired) electrons. The molecule has 0 aliphatic carbocycles. The number of aliphatic imine (C=N–C) groups is 1. The Balaban J connectivity index is 1.60. The maximum absolute atomic E-state index is 13.1. The van der Waals surface area contributed by atoms with Crippen LogP contribution in [0.5, 0.6) is 0 Å². The third-order valence-electron chi connectivity index (χ3n) is 6.25. The molecule has 1 aromatic carbocycles. The number of nitrogens with zero attached hydrogens (tertiary/aromatic N) is 2. The highest BCUT2D eigenvalue weighted by molar-refractivity contribution is 5.97. The van der Waals surface area contributed by atoms with Gasteiger partial charge in [-0.05, 0) is 57.7 Å². The van der Waals surface area contributed by atoms with Crippen LogP contribution in [0.1, 0.15) is 71.5 Å². The minimum absolute atomic E-state index is 0.0665. The first-order chi connectivity index (χ1) is 19.2. The SMILES string of the molecule is CC(C)(C)OC(=O)c1cccc(CC(N)C(=O)c2nc3c([nH]2)CN[C@H](C(=O)N[C@@H](CCCN=C(N)N)C(=O)O)C3)c1. The lowest BCUT2D eigenvalue weighted by molar-refractivity contribution is -0.142. The molecule has 41 heavy (non-hydrogen) atoms. The van der Waals surface area contributed by atoms with Gasteiger partial charge in [-0.2, -0.15) is 0 Å². The number of amides is 1. The fraction of sp³-hybridized carbons (Fsp3) is 0.481. The molecular formula is C27H38N8O6. The lowest BCUT2D eigenvalue weighted by Gasteiger charge is -2.24. The standard InChI is InChI=1S/C27H38N8O6/c1-27(2,3)41-25(40)15-7-4-6-14(10-15)11-16(28)21(36)22-33-18-12-19(32-13-20(18)34-22)23(37)35-17(24(38)39)8-5-9-31-26(29)30/h4,6-7,10,16-17,19,32H,5,8-9,11-13,28H2,1-3H3,(H,33,34)(H,35,37)(H,38,39)(H4,29,30,31)/t16?,17-,19-/m0/s1. The summed E-state index contributed by atoms with van der Waals surface area (Å²) in [5, 5.41) is 15.1. The number of aliphatic carboxylic acids is 1. The van der Waals surface area contributed by atoms with Gasteiger partial charge in [0.2, 0.25) is 11.7 Å². The molecule has 3 rings (SSSR count). The second-order valence-electron chi connectivity index (χ2n) is 10.9. The van der Waals surface area contributed by atoms with E-state index in [9.17, 15) is 24.3 Å². The van der Waals surface area contributed by atoms with Crippen LogP contribution in [0.15, 0.2) is 29.3 Å². The molecule has 14 heteroatoms. The zero-order valence-corrected chi connectivity index (χ0v) is 23.4. The van der Waals surface area contributed by atoms with E-state index in [1.165, 1.54) is 0 Å². The summed E-state index contributed by atoms with van der Waals surface area (Å²) in [5.74, 6) is -2.58. The highest BCUT2D eigenvalue weighted by Crippen LogP contribution is 2.18. The number of guanidine groups is 1. The monoisotopic (exact) mass is 570 g/mol. The Hall–Kier alpha value is -4.30. The molecule has 0 fully saturated rings. The van der Waals surface area contributed by atoms with Crippen LogP contribution in [0.25, 0.3) is 0 Å². The van der Waals surface area contributed by atoms with Crippen molar-refractivity contribution in [2.45, 2.75) is 76.7 Å². The summed E-state index contributed by atoms with van der Waals surface area (Å²) in [6.45, 7) is 5.81. The number of carbonyl (C=O) groups is 4. The highest BCUT2D eigenvalue weighted by atomic mass is 16.6. The summed E-state index contributed by atoms with van der Waals surface area (Å²) in [7, 11) is 0. The molecule has 1 amide bonds. The largest absolute Gasteiger partial charge is 0.480 e. The first-order valence-corrected chi connectivity index (χ1v) is 13.2. The third kappa shape index (κ3) is 9.11. The number of nitrogens with one attached hydrogen (secondary N) is 3. The molecule has 2 aromatic rings. The first kappa shape index (κ1) is 31.2. The average molecular weight is 571 g/mol. The van der Waals surface area contributed by atoms with Crippen molar-refractivity contribution in [1.82, 2.24) is 20.6 Å². The topological polar surface area (TPSA) is 241 Å². The Kier molecular flexibility index (Phi) is 10.2. The van der Waals surface area contributed by atoms with Crippen LogP contribution in [0.4, 0.5) is 0 Å². The maximum atomic E-state index is 13.1. The summed E-state index contributed by atoms with van der Waals surface area (Å²) in [4.78, 5) is 61.1. The molecule has 222 valence electrons. The number of carboxylic acids is 1. The van der Waals surface area contributed by atoms with Crippen LogP contribution < -0.4 is 27.8 Å². The predicted molar refractivity (Wildman–Crippen MR) is 150 cm³/mol. The van der Waals surface area contributed by atoms with E-state index in [4.69, 9.17) is 21.9 Å². The van der Waals surface area contributed by atoms with E-state index in [0.717, 1.165) is 0 Å². The number of fused-ring (bicyclic) bond motifs is 1. The van der Waals surface area contributed by atoms with Crippen molar-refractivity contribution in [3.8, 4) is 0 Å². The zero-order valence-electron chi connectivity index (χ0n) is 23.4. The summed E-state index contributed by atoms with van der Waals surface area (Å²) in [6, 6.07) is 3.97. The minimum Gasteiger partial charge on any atom is -0.480 e. The van der Waals surface area contributed by atoms with Crippen LogP contribution in [0.3, 0.4) is 0 Å². The number of Topliss-reactive ketones (excluding diaryl/α,β-unsaturated/α-hetero) is 1. The minimum atomic E-state index is -1.17. The van der Waals surface area contributed by atoms with Crippen LogP contribution in [0, 0.1) is 0 Å². The van der Waals surface area contributed by atoms with Crippen molar-refractivity contribution < 1.29 is 29.0 Å². The van der Waals surface area contributed by atoms with Crippen molar-refractivity contribution in [3.63, 3.8) is 0 Å². The van der Waals surface area contributed by atoms with Crippen LogP contribution >= 0.6 is 0 Å². The van der Waals surface area contributed by atoms with Gasteiger partial charge >= 0.3 is 11.9 Å². The van der Waals surface area contributed by atoms with Gasteiger partial charge in [-0.25, -0.2) is 14.6 Å². The molecule has 10 N–H and O–H groups in total. The molecular weight excluding hydrogens is 532 g/mol. The highest BCUT2D eigenvalue weighted by Gasteiger charge is 2.31. The molecule has 14 nitrogen and oxygen atoms in total. The lowest BCUT2D eigenvalue weighted by atomic mass is 10.0. The number of aromatic amines is 1. The van der Waals surface area contributed by atoms with E-state index >= 15 is 0 Å². The number of ether oxygens (including phenoxy) is 1. The molecule has 2 heterocycles. The number of carbonyl (C=O) groups excluding carboxylic acids is 3. The Bertz CT molecular complexity index is 1310. The van der Waals surface area contributed by atoms with Gasteiger partial charge in [0.25, 0.3) is 0 Å². The Labute approximate surface area is 237 Å². The fourth-order valence-electron chi connectivity index (χ4n) is 4.27. The third-order valence-corrected chi connectivity index (χ3v) is 6.25. The zero-order chi connectivity index (χ0) is 30.3. The smallest absolute Gasteiger partial charge is 0.338 e. The molecule has 0 bridgehead atoms. The van der Waals surface area contributed by atoms with Gasteiger partial charge in [0.1, 0.15) is 11.6 Å². The molecule has 1 unspecified atom stereocenters. The normalized spacial score (nSPS) is 16.1. The van der Waals surface area contributed by atoms with Gasteiger partial charge in [-0.3, -0.25) is 19.9 Å². The second-order valence-corrected chi connectivity index (χ2v) is 10.9. The van der Waals surface area contributed by atoms with Gasteiger partial charge < -0.3 is 37.3 Å².